The van der Waals surface area contributed by atoms with Crippen LogP contribution in [0, 0.1) is 0 Å². The minimum Gasteiger partial charge on any atom is -0.391 e. The number of thioether (sulfide) groups is 1. The summed E-state index contributed by atoms with van der Waals surface area (Å²) < 4.78 is 0. The summed E-state index contributed by atoms with van der Waals surface area (Å²) in [5, 5.41) is 9.87. The van der Waals surface area contributed by atoms with Crippen molar-refractivity contribution >= 4 is 23.5 Å². The Kier molecular flexibility index (Phi) is 5.58. The molecule has 0 bridgehead atoms. The highest BCUT2D eigenvalue weighted by atomic mass is 32.2. The molecular weight excluding hydrogens is 320 g/mol. The normalized spacial score (nSPS) is 17.8. The van der Waals surface area contributed by atoms with E-state index in [-0.39, 0.29) is 6.10 Å². The van der Waals surface area contributed by atoms with Crippen LogP contribution >= 0.6 is 11.8 Å². The molecule has 0 amide bonds. The maximum atomic E-state index is 9.87. The lowest BCUT2D eigenvalue weighted by Gasteiger charge is -2.31. The topological polar surface area (TPSA) is 52.5 Å². The molecule has 0 saturated carbocycles. The van der Waals surface area contributed by atoms with Gasteiger partial charge in [0.15, 0.2) is 0 Å². The second-order valence-corrected chi connectivity index (χ2v) is 7.04. The number of aliphatic hydroxyl groups excluding tert-OH is 1. The predicted octanol–water partition coefficient (Wildman–Crippen LogP) is 2.80. The molecule has 1 N–H and O–H groups in total. The molecule has 1 aromatic heterocycles. The Morgan fingerprint density at radius 3 is 3.04 bits per heavy atom. The second kappa shape index (κ2) is 7.85. The molecule has 1 aromatic carbocycles. The summed E-state index contributed by atoms with van der Waals surface area (Å²) in [4.78, 5) is 14.6. The van der Waals surface area contributed by atoms with Gasteiger partial charge in [0.1, 0.15) is 5.82 Å². The van der Waals surface area contributed by atoms with E-state index in [4.69, 9.17) is 4.98 Å². The summed E-state index contributed by atoms with van der Waals surface area (Å²) in [6.45, 7) is 2.35. The predicted molar refractivity (Wildman–Crippen MR) is 99.8 cm³/mol. The van der Waals surface area contributed by atoms with E-state index in [1.165, 1.54) is 10.5 Å². The Morgan fingerprint density at radius 1 is 1.38 bits per heavy atom. The highest BCUT2D eigenvalue weighted by Crippen LogP contribution is 2.21. The van der Waals surface area contributed by atoms with Crippen molar-refractivity contribution in [3.05, 3.63) is 42.1 Å². The average molecular weight is 344 g/mol. The number of β-amino-alcohol motifs (C(OH)–C–C–N with tert-alkyl or cyclic N) is 1. The second-order valence-electron chi connectivity index (χ2n) is 6.16. The zero-order valence-electron chi connectivity index (χ0n) is 14.2. The van der Waals surface area contributed by atoms with Crippen molar-refractivity contribution in [3.8, 4) is 0 Å². The summed E-state index contributed by atoms with van der Waals surface area (Å²) in [7, 11) is 2.01. The average Bonchev–Trinajstić information content (AvgIpc) is 2.62. The van der Waals surface area contributed by atoms with Crippen LogP contribution in [0.1, 0.15) is 18.4 Å². The quantitative estimate of drug-likeness (QED) is 0.842. The van der Waals surface area contributed by atoms with E-state index in [9.17, 15) is 5.11 Å². The highest BCUT2D eigenvalue weighted by molar-refractivity contribution is 7.98. The first-order valence-electron chi connectivity index (χ1n) is 8.26. The molecule has 128 valence electrons. The lowest BCUT2D eigenvalue weighted by Crippen LogP contribution is -2.38. The first kappa shape index (κ1) is 17.0. The van der Waals surface area contributed by atoms with Crippen LogP contribution in [0.25, 0.3) is 0 Å². The molecule has 1 saturated heterocycles. The number of aliphatic hydroxyl groups is 1. The molecule has 1 unspecified atom stereocenters. The van der Waals surface area contributed by atoms with Gasteiger partial charge in [0.25, 0.3) is 0 Å². The fraction of sp³-hybridized carbons (Fsp3) is 0.444. The number of hydrogen-bond acceptors (Lipinski definition) is 6. The van der Waals surface area contributed by atoms with Crippen molar-refractivity contribution in [2.75, 3.05) is 36.2 Å². The summed E-state index contributed by atoms with van der Waals surface area (Å²) >= 11 is 1.75. The van der Waals surface area contributed by atoms with Gasteiger partial charge in [-0.15, -0.1) is 11.8 Å². The Bertz CT molecular complexity index is 682. The fourth-order valence-corrected chi connectivity index (χ4v) is 3.46. The van der Waals surface area contributed by atoms with Crippen LogP contribution in [0.4, 0.5) is 11.8 Å². The maximum Gasteiger partial charge on any atom is 0.227 e. The molecule has 0 aliphatic carbocycles. The number of anilines is 2. The summed E-state index contributed by atoms with van der Waals surface area (Å²) in [6, 6.07) is 10.4. The molecule has 2 aromatic rings. The number of piperidine rings is 1. The Hall–Kier alpha value is -1.79. The lowest BCUT2D eigenvalue weighted by molar-refractivity contribution is 0.154. The summed E-state index contributed by atoms with van der Waals surface area (Å²) in [5.41, 5.74) is 1.24. The standard InChI is InChI=1S/C18H24N4OS/c1-21(12-14-5-3-7-16(11-14)24-2)18-19-9-8-17(20-18)22-10-4-6-15(23)13-22/h3,5,7-9,11,15,23H,4,6,10,12-13H2,1-2H3. The van der Waals surface area contributed by atoms with Gasteiger partial charge in [0.2, 0.25) is 5.95 Å². The number of aromatic nitrogens is 2. The van der Waals surface area contributed by atoms with E-state index in [0.717, 1.165) is 31.7 Å². The van der Waals surface area contributed by atoms with Crippen LogP contribution in [-0.4, -0.2) is 47.6 Å². The molecular formula is C18H24N4OS. The summed E-state index contributed by atoms with van der Waals surface area (Å²) in [6.07, 6.45) is 5.50. The van der Waals surface area contributed by atoms with Crippen molar-refractivity contribution in [3.63, 3.8) is 0 Å². The van der Waals surface area contributed by atoms with Gasteiger partial charge in [-0.1, -0.05) is 12.1 Å². The first-order chi connectivity index (χ1) is 11.7. The summed E-state index contributed by atoms with van der Waals surface area (Å²) in [5.74, 6) is 1.60. The maximum absolute atomic E-state index is 9.87. The SMILES string of the molecule is CSc1cccc(CN(C)c2nccc(N3CCCC(O)C3)n2)c1. The molecule has 3 rings (SSSR count). The monoisotopic (exact) mass is 344 g/mol. The van der Waals surface area contributed by atoms with Crippen molar-refractivity contribution in [2.45, 2.75) is 30.4 Å². The molecule has 0 radical (unpaired) electrons. The van der Waals surface area contributed by atoms with E-state index in [1.807, 2.05) is 13.1 Å². The van der Waals surface area contributed by atoms with Crippen LogP contribution in [0.2, 0.25) is 0 Å². The molecule has 1 aliphatic rings. The van der Waals surface area contributed by atoms with Gasteiger partial charge in [-0.3, -0.25) is 0 Å². The number of benzene rings is 1. The third kappa shape index (κ3) is 4.19. The van der Waals surface area contributed by atoms with Gasteiger partial charge in [-0.05, 0) is 42.9 Å². The molecule has 5 nitrogen and oxygen atoms in total. The van der Waals surface area contributed by atoms with Crippen molar-refractivity contribution in [1.29, 1.82) is 0 Å². The van der Waals surface area contributed by atoms with Crippen LogP contribution in [0.15, 0.2) is 41.4 Å². The van der Waals surface area contributed by atoms with Gasteiger partial charge < -0.3 is 14.9 Å². The number of rotatable bonds is 5. The largest absolute Gasteiger partial charge is 0.391 e. The van der Waals surface area contributed by atoms with Gasteiger partial charge in [0.05, 0.1) is 6.10 Å². The van der Waals surface area contributed by atoms with Gasteiger partial charge >= 0.3 is 0 Å². The smallest absolute Gasteiger partial charge is 0.227 e. The van der Waals surface area contributed by atoms with E-state index in [0.29, 0.717) is 12.5 Å². The van der Waals surface area contributed by atoms with Crippen molar-refractivity contribution in [1.82, 2.24) is 9.97 Å². The number of hydrogen-bond donors (Lipinski definition) is 1. The highest BCUT2D eigenvalue weighted by Gasteiger charge is 2.19. The zero-order chi connectivity index (χ0) is 16.9. The fourth-order valence-electron chi connectivity index (χ4n) is 2.98. The van der Waals surface area contributed by atoms with E-state index >= 15 is 0 Å². The van der Waals surface area contributed by atoms with E-state index in [1.54, 1.807) is 18.0 Å². The van der Waals surface area contributed by atoms with Gasteiger partial charge in [-0.2, -0.15) is 4.98 Å². The van der Waals surface area contributed by atoms with E-state index < -0.39 is 0 Å². The van der Waals surface area contributed by atoms with Crippen LogP contribution < -0.4 is 9.80 Å². The lowest BCUT2D eigenvalue weighted by atomic mass is 10.1. The Balaban J connectivity index is 1.72. The molecule has 6 heteroatoms. The van der Waals surface area contributed by atoms with Crippen LogP contribution in [0.3, 0.4) is 0 Å². The van der Waals surface area contributed by atoms with Gasteiger partial charge in [-0.25, -0.2) is 4.98 Å². The molecule has 1 fully saturated rings. The van der Waals surface area contributed by atoms with Crippen molar-refractivity contribution < 1.29 is 5.11 Å². The van der Waals surface area contributed by atoms with Crippen molar-refractivity contribution in [2.24, 2.45) is 0 Å². The Morgan fingerprint density at radius 2 is 2.25 bits per heavy atom. The molecule has 24 heavy (non-hydrogen) atoms. The number of nitrogens with zero attached hydrogens (tertiary/aromatic N) is 4. The molecule has 2 heterocycles. The minimum absolute atomic E-state index is 0.260. The van der Waals surface area contributed by atoms with E-state index in [2.05, 4.69) is 45.3 Å². The Labute approximate surface area is 147 Å². The third-order valence-electron chi connectivity index (χ3n) is 4.24. The zero-order valence-corrected chi connectivity index (χ0v) is 15.0. The molecule has 1 atom stereocenters. The van der Waals surface area contributed by atoms with Gasteiger partial charge in [0, 0.05) is 37.8 Å². The van der Waals surface area contributed by atoms with Crippen LogP contribution in [0.5, 0.6) is 0 Å². The third-order valence-corrected chi connectivity index (χ3v) is 4.97. The minimum atomic E-state index is -0.260. The molecule has 0 spiro atoms. The van der Waals surface area contributed by atoms with Crippen LogP contribution in [-0.2, 0) is 6.54 Å². The first-order valence-corrected chi connectivity index (χ1v) is 9.48. The molecule has 1 aliphatic heterocycles.